The number of nitrogens with zero attached hydrogens (tertiary/aromatic N) is 10. The highest BCUT2D eigenvalue weighted by atomic mass is 16.5. The molecule has 0 saturated heterocycles. The van der Waals surface area contributed by atoms with Crippen molar-refractivity contribution in [1.82, 2.24) is 39.2 Å². The maximum absolute atomic E-state index is 7.00. The molecule has 0 amide bonds. The SMILES string of the molecule is CO.COc1cc(N(CCN(C)CCN(C)C)CCN(C)CCN(C)C)cc(OC)c1Cc1c(OC)cc(N(CCN(C)CCN(C)C)CCN(C)CCN(C)C)cc1OC. The third kappa shape index (κ3) is 21.7. The molecule has 0 bridgehead atoms. The van der Waals surface area contributed by atoms with Crippen LogP contribution in [0, 0.1) is 0 Å². The average molecular weight is 863 g/mol. The van der Waals surface area contributed by atoms with Gasteiger partial charge in [-0.1, -0.05) is 0 Å². The van der Waals surface area contributed by atoms with E-state index in [-0.39, 0.29) is 0 Å². The molecule has 15 heteroatoms. The molecular weight excluding hydrogens is 773 g/mol. The monoisotopic (exact) mass is 863 g/mol. The molecule has 0 heterocycles. The number of ether oxygens (including phenoxy) is 4. The zero-order valence-corrected chi connectivity index (χ0v) is 41.9. The van der Waals surface area contributed by atoms with Gasteiger partial charge in [0.1, 0.15) is 23.0 Å². The van der Waals surface area contributed by atoms with Gasteiger partial charge in [0, 0.05) is 165 Å². The summed E-state index contributed by atoms with van der Waals surface area (Å²) >= 11 is 0. The minimum atomic E-state index is 0.514. The van der Waals surface area contributed by atoms with Crippen molar-refractivity contribution in [3.05, 3.63) is 35.4 Å². The number of hydrogen-bond acceptors (Lipinski definition) is 15. The highest BCUT2D eigenvalue weighted by molar-refractivity contribution is 5.65. The van der Waals surface area contributed by atoms with E-state index in [0.29, 0.717) is 6.42 Å². The summed E-state index contributed by atoms with van der Waals surface area (Å²) in [5.41, 5.74) is 4.08. The van der Waals surface area contributed by atoms with Crippen LogP contribution in [0.4, 0.5) is 11.4 Å². The molecule has 0 aliphatic rings. The Kier molecular flexibility index (Phi) is 28.3. The van der Waals surface area contributed by atoms with Gasteiger partial charge < -0.3 is 73.1 Å². The minimum absolute atomic E-state index is 0.514. The Morgan fingerprint density at radius 3 is 0.705 bits per heavy atom. The Morgan fingerprint density at radius 2 is 0.525 bits per heavy atom. The van der Waals surface area contributed by atoms with Gasteiger partial charge in [0.25, 0.3) is 0 Å². The summed E-state index contributed by atoms with van der Waals surface area (Å²) < 4.78 is 24.7. The Labute approximate surface area is 373 Å². The second kappa shape index (κ2) is 30.8. The van der Waals surface area contributed by atoms with Gasteiger partial charge in [0.2, 0.25) is 0 Å². The first-order chi connectivity index (χ1) is 29.0. The van der Waals surface area contributed by atoms with Crippen LogP contribution >= 0.6 is 0 Å². The first-order valence-corrected chi connectivity index (χ1v) is 21.8. The van der Waals surface area contributed by atoms with Gasteiger partial charge in [-0.3, -0.25) is 0 Å². The smallest absolute Gasteiger partial charge is 0.128 e. The van der Waals surface area contributed by atoms with E-state index in [4.69, 9.17) is 24.1 Å². The molecule has 0 aliphatic heterocycles. The van der Waals surface area contributed by atoms with Crippen molar-refractivity contribution in [3.63, 3.8) is 0 Å². The van der Waals surface area contributed by atoms with Crippen molar-refractivity contribution < 1.29 is 24.1 Å². The largest absolute Gasteiger partial charge is 0.496 e. The Bertz CT molecular complexity index is 1250. The van der Waals surface area contributed by atoms with Gasteiger partial charge in [0.05, 0.1) is 28.4 Å². The van der Waals surface area contributed by atoms with Crippen LogP contribution in [0.3, 0.4) is 0 Å². The summed E-state index contributed by atoms with van der Waals surface area (Å²) in [7, 11) is 33.8. The topological polar surface area (TPSA) is 89.5 Å². The van der Waals surface area contributed by atoms with Gasteiger partial charge in [-0.05, 0) is 84.6 Å². The summed E-state index contributed by atoms with van der Waals surface area (Å²) in [4.78, 5) is 23.5. The van der Waals surface area contributed by atoms with Crippen molar-refractivity contribution >= 4 is 11.4 Å². The van der Waals surface area contributed by atoms with E-state index in [9.17, 15) is 0 Å². The summed E-state index contributed by atoms with van der Waals surface area (Å²) in [5, 5.41) is 7.00. The van der Waals surface area contributed by atoms with Crippen molar-refractivity contribution in [2.24, 2.45) is 0 Å². The van der Waals surface area contributed by atoms with Gasteiger partial charge in [-0.25, -0.2) is 0 Å². The molecule has 2 aromatic rings. The molecule has 61 heavy (non-hydrogen) atoms. The molecule has 0 aliphatic carbocycles. The summed E-state index contributed by atoms with van der Waals surface area (Å²) in [6.45, 7) is 15.4. The van der Waals surface area contributed by atoms with Crippen LogP contribution in [0.5, 0.6) is 23.0 Å². The van der Waals surface area contributed by atoms with E-state index in [1.807, 2.05) is 0 Å². The molecule has 2 aromatic carbocycles. The Hall–Kier alpha value is -3.12. The average Bonchev–Trinajstić information content (AvgIpc) is 3.23. The quantitative estimate of drug-likeness (QED) is 0.117. The number of aliphatic hydroxyl groups excluding tert-OH is 1. The normalized spacial score (nSPS) is 11.8. The number of aliphatic hydroxyl groups is 1. The second-order valence-electron chi connectivity index (χ2n) is 17.2. The van der Waals surface area contributed by atoms with E-state index < -0.39 is 0 Å². The standard InChI is InChI=1S/C45H86N10O4.CH4O/c1-46(2)17-21-50(9)25-29-54(30-26-51(10)22-18-47(3)4)38-33-42(56-13)40(43(34-38)57-14)37-41-44(58-15)35-39(36-45(41)59-16)55(31-27-52(11)23-19-48(5)6)32-28-53(12)24-20-49(7)8;1-2/h33-36H,17-32,37H2,1-16H3;2H,1H3. The first-order valence-electron chi connectivity index (χ1n) is 21.8. The molecule has 0 unspecified atom stereocenters. The number of hydrogen-bond donors (Lipinski definition) is 1. The van der Waals surface area contributed by atoms with Crippen molar-refractivity contribution in [3.8, 4) is 23.0 Å². The number of rotatable bonds is 32. The van der Waals surface area contributed by atoms with Crippen LogP contribution in [0.25, 0.3) is 0 Å². The lowest BCUT2D eigenvalue weighted by Crippen LogP contribution is -2.40. The second-order valence-corrected chi connectivity index (χ2v) is 17.2. The molecule has 0 atom stereocenters. The van der Waals surface area contributed by atoms with Crippen LogP contribution in [-0.4, -0.2) is 269 Å². The molecule has 0 radical (unpaired) electrons. The predicted molar refractivity (Wildman–Crippen MR) is 259 cm³/mol. The molecule has 15 nitrogen and oxygen atoms in total. The van der Waals surface area contributed by atoms with Crippen LogP contribution in [-0.2, 0) is 6.42 Å². The maximum atomic E-state index is 7.00. The molecular formula is C46H90N10O5. The molecule has 0 spiro atoms. The van der Waals surface area contributed by atoms with E-state index in [2.05, 4.69) is 158 Å². The third-order valence-electron chi connectivity index (χ3n) is 11.0. The molecule has 354 valence electrons. The lowest BCUT2D eigenvalue weighted by molar-refractivity contribution is 0.276. The molecule has 0 fully saturated rings. The zero-order chi connectivity index (χ0) is 46.1. The fraction of sp³-hybridized carbons (Fsp3) is 0.739. The molecule has 0 saturated carbocycles. The summed E-state index contributed by atoms with van der Waals surface area (Å²) in [5.74, 6) is 3.12. The van der Waals surface area contributed by atoms with E-state index in [1.165, 1.54) is 0 Å². The number of anilines is 2. The highest BCUT2D eigenvalue weighted by Gasteiger charge is 2.23. The first kappa shape index (κ1) is 55.9. The van der Waals surface area contributed by atoms with Crippen molar-refractivity contribution in [1.29, 1.82) is 0 Å². The molecule has 1 N–H and O–H groups in total. The fourth-order valence-corrected chi connectivity index (χ4v) is 6.67. The number of methoxy groups -OCH3 is 4. The highest BCUT2D eigenvalue weighted by Crippen LogP contribution is 2.42. The van der Waals surface area contributed by atoms with Crippen LogP contribution in [0.1, 0.15) is 11.1 Å². The summed E-state index contributed by atoms with van der Waals surface area (Å²) in [6.07, 6.45) is 0.514. The minimum Gasteiger partial charge on any atom is -0.496 e. The maximum Gasteiger partial charge on any atom is 0.128 e. The van der Waals surface area contributed by atoms with Gasteiger partial charge in [-0.2, -0.15) is 0 Å². The number of benzene rings is 2. The van der Waals surface area contributed by atoms with Crippen LogP contribution in [0.15, 0.2) is 24.3 Å². The van der Waals surface area contributed by atoms with E-state index >= 15 is 0 Å². The van der Waals surface area contributed by atoms with E-state index in [0.717, 1.165) is 157 Å². The third-order valence-corrected chi connectivity index (χ3v) is 11.0. The Morgan fingerprint density at radius 1 is 0.328 bits per heavy atom. The summed E-state index contributed by atoms with van der Waals surface area (Å²) in [6, 6.07) is 8.69. The number of likely N-dealkylation sites (N-methyl/N-ethyl adjacent to an activating group) is 8. The van der Waals surface area contributed by atoms with Gasteiger partial charge in [-0.15, -0.1) is 0 Å². The van der Waals surface area contributed by atoms with Crippen molar-refractivity contribution in [2.75, 3.05) is 235 Å². The van der Waals surface area contributed by atoms with Crippen molar-refractivity contribution in [2.45, 2.75) is 6.42 Å². The fourth-order valence-electron chi connectivity index (χ4n) is 6.67. The van der Waals surface area contributed by atoms with Gasteiger partial charge in [0.15, 0.2) is 0 Å². The zero-order valence-electron chi connectivity index (χ0n) is 41.9. The van der Waals surface area contributed by atoms with Crippen LogP contribution in [0.2, 0.25) is 0 Å². The molecule has 2 rings (SSSR count). The lowest BCUT2D eigenvalue weighted by atomic mass is 9.99. The van der Waals surface area contributed by atoms with Gasteiger partial charge >= 0.3 is 0 Å². The van der Waals surface area contributed by atoms with Crippen LogP contribution < -0.4 is 28.7 Å². The van der Waals surface area contributed by atoms with E-state index in [1.54, 1.807) is 28.4 Å². The predicted octanol–water partition coefficient (Wildman–Crippen LogP) is 2.51. The Balaban J connectivity index is 0.00000916. The lowest BCUT2D eigenvalue weighted by Gasteiger charge is -2.31. The molecule has 0 aromatic heterocycles.